The summed E-state index contributed by atoms with van der Waals surface area (Å²) in [5.74, 6) is -6.55. The Bertz CT molecular complexity index is 722. The fourth-order valence-electron chi connectivity index (χ4n) is 5.72. The molecule has 4 aliphatic rings. The lowest BCUT2D eigenvalue weighted by Crippen LogP contribution is -2.89. The SMILES string of the molecule is CC(=O)O[C@]1(O)[C@H]2C[C@]3([C@H](C)C[C@@H](O)[C@]3(O)[C@]13COC3=O)[C@@H](O)C(=O)O2. The van der Waals surface area contributed by atoms with Crippen LogP contribution in [0.15, 0.2) is 0 Å². The maximum absolute atomic E-state index is 12.6. The van der Waals surface area contributed by atoms with Crippen molar-refractivity contribution < 1.29 is 49.0 Å². The molecule has 4 N–H and O–H groups in total. The van der Waals surface area contributed by atoms with E-state index in [0.29, 0.717) is 0 Å². The second-order valence-corrected chi connectivity index (χ2v) is 7.76. The van der Waals surface area contributed by atoms with Gasteiger partial charge in [0, 0.05) is 18.8 Å². The predicted molar refractivity (Wildman–Crippen MR) is 77.8 cm³/mol. The number of fused-ring (bicyclic) bond motifs is 2. The van der Waals surface area contributed by atoms with Crippen LogP contribution in [0.4, 0.5) is 0 Å². The third-order valence-corrected chi connectivity index (χ3v) is 6.91. The lowest BCUT2D eigenvalue weighted by atomic mass is 9.44. The zero-order valence-corrected chi connectivity index (χ0v) is 14.2. The van der Waals surface area contributed by atoms with E-state index in [1.165, 1.54) is 0 Å². The normalized spacial score (nSPS) is 54.8. The van der Waals surface area contributed by atoms with Gasteiger partial charge in [0.15, 0.2) is 12.2 Å². The smallest absolute Gasteiger partial charge is 0.336 e. The Labute approximate surface area is 147 Å². The van der Waals surface area contributed by atoms with Gasteiger partial charge in [-0.1, -0.05) is 6.92 Å². The van der Waals surface area contributed by atoms with E-state index in [4.69, 9.17) is 14.2 Å². The molecule has 2 aliphatic carbocycles. The summed E-state index contributed by atoms with van der Waals surface area (Å²) in [6.07, 6.45) is -5.26. The molecule has 2 saturated heterocycles. The summed E-state index contributed by atoms with van der Waals surface area (Å²) in [5.41, 5.74) is -6.42. The Kier molecular flexibility index (Phi) is 3.22. The third-order valence-electron chi connectivity index (χ3n) is 6.91. The monoisotopic (exact) mass is 372 g/mol. The largest absolute Gasteiger partial charge is 0.463 e. The molecule has 2 saturated carbocycles. The highest BCUT2D eigenvalue weighted by molar-refractivity contribution is 5.88. The number of hydrogen-bond acceptors (Lipinski definition) is 10. The summed E-state index contributed by atoms with van der Waals surface area (Å²) in [5, 5.41) is 44.2. The number of rotatable bonds is 1. The van der Waals surface area contributed by atoms with Crippen molar-refractivity contribution in [2.75, 3.05) is 6.61 Å². The molecule has 2 spiro atoms. The average molecular weight is 372 g/mol. The lowest BCUT2D eigenvalue weighted by Gasteiger charge is -2.68. The zero-order chi connectivity index (χ0) is 19.3. The van der Waals surface area contributed by atoms with Crippen molar-refractivity contribution >= 4 is 17.9 Å². The average Bonchev–Trinajstić information content (AvgIpc) is 2.71. The standard InChI is InChI=1S/C16H20O10/c1-6-3-8(18)15(22)13(6)4-9(25-11(20)10(13)19)16(23,26-7(2)17)14(15)5-24-12(14)21/h6,8-10,18-19,22-23H,3-5H2,1-2H3/t6-,8-,9-,10+,13+,14-,15-,16-/m1/s1. The minimum absolute atomic E-state index is 0.0429. The molecule has 10 heteroatoms. The van der Waals surface area contributed by atoms with E-state index in [1.807, 2.05) is 0 Å². The van der Waals surface area contributed by atoms with E-state index >= 15 is 0 Å². The van der Waals surface area contributed by atoms with Gasteiger partial charge >= 0.3 is 17.9 Å². The Morgan fingerprint density at radius 3 is 2.42 bits per heavy atom. The molecule has 0 amide bonds. The number of hydrogen-bond donors (Lipinski definition) is 4. The first-order valence-electron chi connectivity index (χ1n) is 8.37. The van der Waals surface area contributed by atoms with Crippen LogP contribution in [-0.2, 0) is 28.6 Å². The van der Waals surface area contributed by atoms with E-state index in [9.17, 15) is 34.8 Å². The quantitative estimate of drug-likeness (QED) is 0.222. The molecule has 144 valence electrons. The van der Waals surface area contributed by atoms with Gasteiger partial charge in [0.05, 0.1) is 6.10 Å². The first-order chi connectivity index (χ1) is 12.0. The Morgan fingerprint density at radius 1 is 1.27 bits per heavy atom. The van der Waals surface area contributed by atoms with E-state index in [-0.39, 0.29) is 12.8 Å². The first kappa shape index (κ1) is 17.7. The number of aliphatic hydroxyl groups is 4. The van der Waals surface area contributed by atoms with Crippen molar-refractivity contribution in [3.8, 4) is 0 Å². The second kappa shape index (κ2) is 4.75. The van der Waals surface area contributed by atoms with Crippen molar-refractivity contribution in [3.63, 3.8) is 0 Å². The van der Waals surface area contributed by atoms with Gasteiger partial charge in [-0.2, -0.15) is 0 Å². The molecular weight excluding hydrogens is 352 g/mol. The van der Waals surface area contributed by atoms with Crippen LogP contribution in [0.1, 0.15) is 26.7 Å². The Morgan fingerprint density at radius 2 is 1.92 bits per heavy atom. The number of ether oxygens (including phenoxy) is 3. The predicted octanol–water partition coefficient (Wildman–Crippen LogP) is -2.41. The van der Waals surface area contributed by atoms with Gasteiger partial charge < -0.3 is 34.6 Å². The fraction of sp³-hybridized carbons (Fsp3) is 0.812. The molecule has 8 atom stereocenters. The van der Waals surface area contributed by atoms with E-state index < -0.39 is 71.0 Å². The van der Waals surface area contributed by atoms with Crippen LogP contribution >= 0.6 is 0 Å². The van der Waals surface area contributed by atoms with Gasteiger partial charge in [0.2, 0.25) is 5.41 Å². The topological polar surface area (TPSA) is 160 Å². The Hall–Kier alpha value is -1.75. The van der Waals surface area contributed by atoms with Crippen LogP contribution in [0.3, 0.4) is 0 Å². The lowest BCUT2D eigenvalue weighted by molar-refractivity contribution is -0.423. The minimum Gasteiger partial charge on any atom is -0.463 e. The van der Waals surface area contributed by atoms with Crippen molar-refractivity contribution in [3.05, 3.63) is 0 Å². The highest BCUT2D eigenvalue weighted by atomic mass is 16.7. The number of carbonyl (C=O) groups is 3. The molecule has 10 nitrogen and oxygen atoms in total. The van der Waals surface area contributed by atoms with Crippen LogP contribution in [0.25, 0.3) is 0 Å². The molecule has 2 bridgehead atoms. The molecule has 0 radical (unpaired) electrons. The van der Waals surface area contributed by atoms with Gasteiger partial charge in [-0.3, -0.25) is 9.59 Å². The van der Waals surface area contributed by atoms with Crippen LogP contribution in [0, 0.1) is 16.7 Å². The first-order valence-corrected chi connectivity index (χ1v) is 8.37. The molecule has 0 aromatic rings. The molecule has 4 fully saturated rings. The summed E-state index contributed by atoms with van der Waals surface area (Å²) >= 11 is 0. The number of cyclic esters (lactones) is 1. The minimum atomic E-state index is -2.74. The summed E-state index contributed by atoms with van der Waals surface area (Å²) in [6.45, 7) is 2.03. The van der Waals surface area contributed by atoms with Crippen LogP contribution in [0.2, 0.25) is 0 Å². The van der Waals surface area contributed by atoms with E-state index in [2.05, 4.69) is 0 Å². The van der Waals surface area contributed by atoms with Gasteiger partial charge in [0.1, 0.15) is 12.2 Å². The maximum Gasteiger partial charge on any atom is 0.336 e. The second-order valence-electron chi connectivity index (χ2n) is 7.76. The number of carbonyl (C=O) groups excluding carboxylic acids is 3. The molecule has 2 heterocycles. The van der Waals surface area contributed by atoms with E-state index in [0.717, 1.165) is 6.92 Å². The number of aliphatic hydroxyl groups excluding tert-OH is 2. The summed E-state index contributed by atoms with van der Waals surface area (Å²) in [7, 11) is 0. The van der Waals surface area contributed by atoms with Gasteiger partial charge in [-0.05, 0) is 12.3 Å². The highest BCUT2D eigenvalue weighted by Crippen LogP contribution is 2.72. The van der Waals surface area contributed by atoms with Crippen LogP contribution in [0.5, 0.6) is 0 Å². The summed E-state index contributed by atoms with van der Waals surface area (Å²) in [6, 6.07) is 0. The van der Waals surface area contributed by atoms with Gasteiger partial charge in [0.25, 0.3) is 5.79 Å². The maximum atomic E-state index is 12.6. The molecule has 0 aromatic heterocycles. The van der Waals surface area contributed by atoms with Crippen molar-refractivity contribution in [2.45, 2.75) is 56.4 Å². The fourth-order valence-corrected chi connectivity index (χ4v) is 5.72. The highest BCUT2D eigenvalue weighted by Gasteiger charge is 2.92. The molecule has 0 unspecified atom stereocenters. The third kappa shape index (κ3) is 1.45. The molecular formula is C16H20O10. The Balaban J connectivity index is 2.03. The van der Waals surface area contributed by atoms with Crippen molar-refractivity contribution in [2.24, 2.45) is 16.7 Å². The number of esters is 3. The van der Waals surface area contributed by atoms with Crippen LogP contribution in [-0.4, -0.2) is 74.6 Å². The van der Waals surface area contributed by atoms with Crippen molar-refractivity contribution in [1.29, 1.82) is 0 Å². The molecule has 26 heavy (non-hydrogen) atoms. The molecule has 2 aliphatic heterocycles. The van der Waals surface area contributed by atoms with Gasteiger partial charge in [-0.15, -0.1) is 0 Å². The molecule has 0 aromatic carbocycles. The van der Waals surface area contributed by atoms with Crippen LogP contribution < -0.4 is 0 Å². The molecule has 4 rings (SSSR count). The summed E-state index contributed by atoms with van der Waals surface area (Å²) in [4.78, 5) is 36.5. The van der Waals surface area contributed by atoms with E-state index in [1.54, 1.807) is 6.92 Å². The zero-order valence-electron chi connectivity index (χ0n) is 14.2. The van der Waals surface area contributed by atoms with Gasteiger partial charge in [-0.25, -0.2) is 4.79 Å². The van der Waals surface area contributed by atoms with Crippen molar-refractivity contribution in [1.82, 2.24) is 0 Å². The summed E-state index contributed by atoms with van der Waals surface area (Å²) < 4.78 is 14.9.